The molecule has 2 fully saturated rings. The Kier molecular flexibility index (Phi) is 13.7. The number of piperidine rings is 2. The van der Waals surface area contributed by atoms with E-state index in [4.69, 9.17) is 24.4 Å². The lowest BCUT2D eigenvalue weighted by Crippen LogP contribution is -2.41. The van der Waals surface area contributed by atoms with Crippen molar-refractivity contribution in [3.63, 3.8) is 0 Å². The van der Waals surface area contributed by atoms with E-state index < -0.39 is 0 Å². The molecule has 0 bridgehead atoms. The summed E-state index contributed by atoms with van der Waals surface area (Å²) in [6.07, 6.45) is 9.44. The van der Waals surface area contributed by atoms with Gasteiger partial charge in [0, 0.05) is 26.2 Å². The first-order chi connectivity index (χ1) is 15.6. The number of hydrazone groups is 2. The fraction of sp³-hybridized carbons (Fsp3) is 0.818. The Bertz CT molecular complexity index is 571. The van der Waals surface area contributed by atoms with Crippen LogP contribution in [0.3, 0.4) is 0 Å². The molecule has 8 nitrogen and oxygen atoms in total. The maximum absolute atomic E-state index is 5.38. The fourth-order valence-corrected chi connectivity index (χ4v) is 4.33. The Balaban J connectivity index is 1.69. The third kappa shape index (κ3) is 11.0. The topological polar surface area (TPSA) is 79.3 Å². The summed E-state index contributed by atoms with van der Waals surface area (Å²) in [5.41, 5.74) is 7.69. The van der Waals surface area contributed by atoms with Gasteiger partial charge in [0.1, 0.15) is 0 Å². The molecule has 0 aromatic heterocycles. The van der Waals surface area contributed by atoms with Crippen molar-refractivity contribution in [1.29, 1.82) is 0 Å². The molecule has 0 atom stereocenters. The fourth-order valence-electron chi connectivity index (χ4n) is 4.03. The molecule has 0 amide bonds. The Labute approximate surface area is 205 Å². The van der Waals surface area contributed by atoms with Crippen molar-refractivity contribution >= 4 is 46.1 Å². The molecular weight excluding hydrogens is 440 g/mol. The molecule has 2 aliphatic rings. The van der Waals surface area contributed by atoms with E-state index in [1.165, 1.54) is 64.7 Å². The van der Waals surface area contributed by atoms with Gasteiger partial charge in [0.25, 0.3) is 0 Å². The predicted octanol–water partition coefficient (Wildman–Crippen LogP) is 2.42. The van der Waals surface area contributed by atoms with Crippen molar-refractivity contribution in [1.82, 2.24) is 31.3 Å². The quantitative estimate of drug-likeness (QED) is 0.203. The smallest absolute Gasteiger partial charge is 0.187 e. The van der Waals surface area contributed by atoms with E-state index in [0.29, 0.717) is 10.2 Å². The zero-order valence-electron chi connectivity index (χ0n) is 19.9. The number of hydrogen-bond donors (Lipinski definition) is 4. The molecule has 0 saturated carbocycles. The van der Waals surface area contributed by atoms with Crippen molar-refractivity contribution in [2.24, 2.45) is 10.2 Å². The van der Waals surface area contributed by atoms with Gasteiger partial charge < -0.3 is 20.4 Å². The first-order valence-corrected chi connectivity index (χ1v) is 13.1. The van der Waals surface area contributed by atoms with Crippen LogP contribution in [0.2, 0.25) is 0 Å². The van der Waals surface area contributed by atoms with E-state index in [2.05, 4.69) is 55.3 Å². The van der Waals surface area contributed by atoms with Gasteiger partial charge in [-0.05, 0) is 89.1 Å². The van der Waals surface area contributed by atoms with Crippen LogP contribution in [0.5, 0.6) is 0 Å². The minimum absolute atomic E-state index is 0.547. The van der Waals surface area contributed by atoms with E-state index >= 15 is 0 Å². The second-order valence-electron chi connectivity index (χ2n) is 8.36. The molecule has 0 spiro atoms. The van der Waals surface area contributed by atoms with Gasteiger partial charge in [0.05, 0.1) is 11.4 Å². The lowest BCUT2D eigenvalue weighted by molar-refractivity contribution is 0.232. The van der Waals surface area contributed by atoms with E-state index in [1.54, 1.807) is 0 Å². The van der Waals surface area contributed by atoms with Crippen LogP contribution in [0.1, 0.15) is 65.2 Å². The number of thiocarbonyl (C=S) groups is 2. The lowest BCUT2D eigenvalue weighted by Gasteiger charge is -2.26. The predicted molar refractivity (Wildman–Crippen MR) is 144 cm³/mol. The van der Waals surface area contributed by atoms with Gasteiger partial charge in [-0.25, -0.2) is 0 Å². The van der Waals surface area contributed by atoms with Crippen LogP contribution in [0.25, 0.3) is 0 Å². The van der Waals surface area contributed by atoms with Crippen LogP contribution in [0, 0.1) is 0 Å². The number of nitrogens with one attached hydrogen (secondary N) is 4. The number of rotatable bonds is 11. The molecule has 0 aliphatic carbocycles. The van der Waals surface area contributed by atoms with Crippen molar-refractivity contribution in [2.45, 2.75) is 65.2 Å². The second kappa shape index (κ2) is 16.3. The average molecular weight is 483 g/mol. The maximum Gasteiger partial charge on any atom is 0.187 e. The summed E-state index contributed by atoms with van der Waals surface area (Å²) in [7, 11) is 0. The van der Waals surface area contributed by atoms with Gasteiger partial charge in [0.2, 0.25) is 0 Å². The van der Waals surface area contributed by atoms with Gasteiger partial charge in [0.15, 0.2) is 10.2 Å². The normalized spacial score (nSPS) is 18.8. The van der Waals surface area contributed by atoms with Crippen molar-refractivity contribution < 1.29 is 0 Å². The van der Waals surface area contributed by atoms with Gasteiger partial charge in [-0.15, -0.1) is 0 Å². The zero-order valence-corrected chi connectivity index (χ0v) is 21.6. The maximum atomic E-state index is 5.38. The molecule has 2 heterocycles. The Morgan fingerprint density at radius 1 is 0.656 bits per heavy atom. The summed E-state index contributed by atoms with van der Waals surface area (Å²) in [5.74, 6) is 0. The van der Waals surface area contributed by atoms with E-state index in [9.17, 15) is 0 Å². The first kappa shape index (κ1) is 26.9. The lowest BCUT2D eigenvalue weighted by atomic mass is 10.1. The molecule has 2 aliphatic heterocycles. The van der Waals surface area contributed by atoms with Gasteiger partial charge in [-0.3, -0.25) is 10.9 Å². The third-order valence-electron chi connectivity index (χ3n) is 5.91. The molecule has 0 aromatic rings. The van der Waals surface area contributed by atoms with Crippen LogP contribution in [-0.2, 0) is 0 Å². The van der Waals surface area contributed by atoms with Crippen LogP contribution < -0.4 is 21.5 Å². The second-order valence-corrected chi connectivity index (χ2v) is 9.18. The molecule has 182 valence electrons. The molecule has 0 unspecified atom stereocenters. The van der Waals surface area contributed by atoms with E-state index in [-0.39, 0.29) is 0 Å². The standard InChI is InChI=1S/C22H42N8S2/c1-3-19(25-27-21(31)23-11-17-29-13-7-5-8-14-29)20(4-2)26-28-22(32)24-12-18-30-15-9-6-10-16-30/h3-18H2,1-2H3,(H2,23,27,31)(H2,24,28,32)/b25-19+,26-20+. The highest BCUT2D eigenvalue weighted by Crippen LogP contribution is 2.08. The minimum Gasteiger partial charge on any atom is -0.360 e. The molecular formula is C22H42N8S2. The summed E-state index contributed by atoms with van der Waals surface area (Å²) >= 11 is 10.8. The van der Waals surface area contributed by atoms with E-state index in [1.807, 2.05) is 0 Å². The molecule has 4 N–H and O–H groups in total. The Morgan fingerprint density at radius 2 is 1.03 bits per heavy atom. The highest BCUT2D eigenvalue weighted by molar-refractivity contribution is 7.80. The number of nitrogens with zero attached hydrogens (tertiary/aromatic N) is 4. The number of hydrogen-bond acceptors (Lipinski definition) is 6. The minimum atomic E-state index is 0.547. The van der Waals surface area contributed by atoms with Crippen LogP contribution in [-0.4, -0.2) is 83.8 Å². The van der Waals surface area contributed by atoms with Crippen molar-refractivity contribution in [3.05, 3.63) is 0 Å². The molecule has 2 rings (SSSR count). The number of likely N-dealkylation sites (tertiary alicyclic amines) is 2. The SMILES string of the molecule is CCC(=N\NC(=S)NCCN1CCCCC1)/C(CC)=N/NC(=S)NCCN1CCCCC1. The summed E-state index contributed by atoms with van der Waals surface area (Å²) in [4.78, 5) is 4.97. The largest absolute Gasteiger partial charge is 0.360 e. The summed E-state index contributed by atoms with van der Waals surface area (Å²) in [6.45, 7) is 12.6. The van der Waals surface area contributed by atoms with Crippen molar-refractivity contribution in [2.75, 3.05) is 52.4 Å². The first-order valence-electron chi connectivity index (χ1n) is 12.3. The Hall–Kier alpha value is -1.36. The third-order valence-corrected chi connectivity index (χ3v) is 6.38. The van der Waals surface area contributed by atoms with Crippen LogP contribution in [0.4, 0.5) is 0 Å². The molecule has 2 saturated heterocycles. The average Bonchev–Trinajstić information content (AvgIpc) is 2.82. The van der Waals surface area contributed by atoms with Crippen molar-refractivity contribution in [3.8, 4) is 0 Å². The summed E-state index contributed by atoms with van der Waals surface area (Å²) < 4.78 is 0. The highest BCUT2D eigenvalue weighted by atomic mass is 32.1. The molecule has 0 radical (unpaired) electrons. The van der Waals surface area contributed by atoms with Gasteiger partial charge in [-0.1, -0.05) is 26.7 Å². The zero-order chi connectivity index (χ0) is 23.0. The highest BCUT2D eigenvalue weighted by Gasteiger charge is 2.11. The van der Waals surface area contributed by atoms with E-state index in [0.717, 1.165) is 50.4 Å². The molecule has 10 heteroatoms. The van der Waals surface area contributed by atoms with Crippen LogP contribution in [0.15, 0.2) is 10.2 Å². The Morgan fingerprint density at radius 3 is 1.38 bits per heavy atom. The summed E-state index contributed by atoms with van der Waals surface area (Å²) in [6, 6.07) is 0. The molecule has 0 aromatic carbocycles. The monoisotopic (exact) mass is 482 g/mol. The molecule has 32 heavy (non-hydrogen) atoms. The summed E-state index contributed by atoms with van der Waals surface area (Å²) in [5, 5.41) is 16.6. The van der Waals surface area contributed by atoms with Crippen LogP contribution >= 0.6 is 24.4 Å². The van der Waals surface area contributed by atoms with Gasteiger partial charge >= 0.3 is 0 Å². The van der Waals surface area contributed by atoms with Gasteiger partial charge in [-0.2, -0.15) is 10.2 Å².